The van der Waals surface area contributed by atoms with Crippen LogP contribution in [0.4, 0.5) is 0 Å². The zero-order valence-corrected chi connectivity index (χ0v) is 14.1. The van der Waals surface area contributed by atoms with Gasteiger partial charge in [-0.1, -0.05) is 13.8 Å². The van der Waals surface area contributed by atoms with Gasteiger partial charge in [-0.05, 0) is 25.7 Å². The Hall–Kier alpha value is -0.960. The van der Waals surface area contributed by atoms with Crippen LogP contribution in [0.5, 0.6) is 0 Å². The average Bonchev–Trinajstić information content (AvgIpc) is 3.04. The lowest BCUT2D eigenvalue weighted by Crippen LogP contribution is -2.52. The molecule has 22 heavy (non-hydrogen) atoms. The number of aromatic nitrogens is 2. The predicted molar refractivity (Wildman–Crippen MR) is 84.0 cm³/mol. The molecule has 3 N–H and O–H groups in total. The summed E-state index contributed by atoms with van der Waals surface area (Å²) < 4.78 is 35.0. The van der Waals surface area contributed by atoms with Crippen LogP contribution in [0.25, 0.3) is 0 Å². The summed E-state index contributed by atoms with van der Waals surface area (Å²) in [6.07, 6.45) is 6.01. The summed E-state index contributed by atoms with van der Waals surface area (Å²) in [5.41, 5.74) is 5.18. The van der Waals surface area contributed by atoms with Crippen LogP contribution in [0.1, 0.15) is 45.6 Å². The van der Waals surface area contributed by atoms with Crippen LogP contribution in [-0.2, 0) is 14.8 Å². The van der Waals surface area contributed by atoms with Crippen LogP contribution < -0.4 is 10.5 Å². The van der Waals surface area contributed by atoms with E-state index in [2.05, 4.69) is 9.82 Å². The van der Waals surface area contributed by atoms with Crippen molar-refractivity contribution in [1.29, 1.82) is 0 Å². The van der Waals surface area contributed by atoms with E-state index < -0.39 is 15.6 Å². The summed E-state index contributed by atoms with van der Waals surface area (Å²) in [7, 11) is -3.62. The van der Waals surface area contributed by atoms with Gasteiger partial charge in [-0.15, -0.1) is 0 Å². The summed E-state index contributed by atoms with van der Waals surface area (Å²) in [6, 6.07) is 0.203. The van der Waals surface area contributed by atoms with Gasteiger partial charge in [0.15, 0.2) is 0 Å². The second-order valence-electron chi connectivity index (χ2n) is 5.80. The fourth-order valence-corrected chi connectivity index (χ4v) is 4.17. The van der Waals surface area contributed by atoms with Gasteiger partial charge < -0.3 is 10.5 Å². The minimum atomic E-state index is -3.62. The Morgan fingerprint density at radius 1 is 1.41 bits per heavy atom. The highest BCUT2D eigenvalue weighted by atomic mass is 32.2. The number of hydrogen-bond acceptors (Lipinski definition) is 5. The Kier molecular flexibility index (Phi) is 5.60. The Balaban J connectivity index is 2.17. The molecule has 1 fully saturated rings. The smallest absolute Gasteiger partial charge is 0.244 e. The molecule has 0 spiro atoms. The molecular formula is C14H26N4O3S. The lowest BCUT2D eigenvalue weighted by atomic mass is 9.95. The maximum absolute atomic E-state index is 12.6. The van der Waals surface area contributed by atoms with E-state index in [9.17, 15) is 8.42 Å². The second-order valence-corrected chi connectivity index (χ2v) is 7.48. The van der Waals surface area contributed by atoms with Gasteiger partial charge in [0, 0.05) is 31.5 Å². The quantitative estimate of drug-likeness (QED) is 0.778. The van der Waals surface area contributed by atoms with Gasteiger partial charge in [0.2, 0.25) is 10.0 Å². The Morgan fingerprint density at radius 2 is 2.05 bits per heavy atom. The van der Waals surface area contributed by atoms with Crippen molar-refractivity contribution >= 4 is 10.0 Å². The minimum absolute atomic E-state index is 0.193. The molecule has 0 radical (unpaired) electrons. The van der Waals surface area contributed by atoms with Crippen LogP contribution in [0.3, 0.4) is 0 Å². The van der Waals surface area contributed by atoms with Crippen molar-refractivity contribution < 1.29 is 13.2 Å². The predicted octanol–water partition coefficient (Wildman–Crippen LogP) is 1.03. The molecule has 0 atom stereocenters. The highest BCUT2D eigenvalue weighted by Crippen LogP contribution is 2.23. The van der Waals surface area contributed by atoms with E-state index in [1.54, 1.807) is 10.9 Å². The normalized spacial score (nSPS) is 17.8. The Labute approximate surface area is 132 Å². The number of nitrogens with two attached hydrogens (primary N) is 1. The Bertz CT molecular complexity index is 566. The van der Waals surface area contributed by atoms with E-state index in [0.29, 0.717) is 26.1 Å². The molecule has 7 nitrogen and oxygen atoms in total. The molecule has 2 heterocycles. The fraction of sp³-hybridized carbons (Fsp3) is 0.786. The molecule has 0 saturated carbocycles. The third-order valence-electron chi connectivity index (χ3n) is 4.55. The van der Waals surface area contributed by atoms with Crippen LogP contribution in [-0.4, -0.2) is 43.5 Å². The van der Waals surface area contributed by atoms with Crippen molar-refractivity contribution in [3.63, 3.8) is 0 Å². The first-order chi connectivity index (χ1) is 10.5. The maximum Gasteiger partial charge on any atom is 0.244 e. The largest absolute Gasteiger partial charge is 0.381 e. The summed E-state index contributed by atoms with van der Waals surface area (Å²) in [4.78, 5) is 0.193. The van der Waals surface area contributed by atoms with Crippen LogP contribution in [0.15, 0.2) is 17.3 Å². The molecule has 2 rings (SSSR count). The molecule has 0 unspecified atom stereocenters. The van der Waals surface area contributed by atoms with E-state index in [1.165, 1.54) is 6.20 Å². The number of sulfonamides is 1. The van der Waals surface area contributed by atoms with Crippen LogP contribution in [0, 0.1) is 0 Å². The zero-order chi connectivity index (χ0) is 16.2. The first-order valence-electron chi connectivity index (χ1n) is 7.82. The lowest BCUT2D eigenvalue weighted by Gasteiger charge is -2.30. The van der Waals surface area contributed by atoms with E-state index in [0.717, 1.165) is 12.8 Å². The van der Waals surface area contributed by atoms with Gasteiger partial charge in [-0.25, -0.2) is 13.1 Å². The third-order valence-corrected chi connectivity index (χ3v) is 6.08. The van der Waals surface area contributed by atoms with Crippen LogP contribution >= 0.6 is 0 Å². The van der Waals surface area contributed by atoms with Gasteiger partial charge in [0.1, 0.15) is 4.90 Å². The van der Waals surface area contributed by atoms with Gasteiger partial charge in [0.05, 0.1) is 12.2 Å². The summed E-state index contributed by atoms with van der Waals surface area (Å²) in [6.45, 7) is 5.52. The highest BCUT2D eigenvalue weighted by Gasteiger charge is 2.31. The molecule has 1 aromatic heterocycles. The topological polar surface area (TPSA) is 99.2 Å². The maximum atomic E-state index is 12.6. The molecule has 126 valence electrons. The number of hydrogen-bond donors (Lipinski definition) is 2. The van der Waals surface area contributed by atoms with E-state index in [4.69, 9.17) is 10.5 Å². The minimum Gasteiger partial charge on any atom is -0.381 e. The number of ether oxygens (including phenoxy) is 1. The molecule has 0 bridgehead atoms. The molecule has 1 saturated heterocycles. The van der Waals surface area contributed by atoms with Gasteiger partial charge in [0.25, 0.3) is 0 Å². The standard InChI is InChI=1S/C14H26N4O3S/c1-3-14(4-2,11-15)17-22(19,20)13-9-16-18(10-13)12-5-7-21-8-6-12/h9-10,12,17H,3-8,11,15H2,1-2H3. The van der Waals surface area contributed by atoms with Gasteiger partial charge in [-0.3, -0.25) is 4.68 Å². The molecule has 1 aliphatic heterocycles. The molecular weight excluding hydrogens is 304 g/mol. The first-order valence-corrected chi connectivity index (χ1v) is 9.30. The van der Waals surface area contributed by atoms with Gasteiger partial charge >= 0.3 is 0 Å². The van der Waals surface area contributed by atoms with Crippen molar-refractivity contribution in [1.82, 2.24) is 14.5 Å². The van der Waals surface area contributed by atoms with Crippen LogP contribution in [0.2, 0.25) is 0 Å². The fourth-order valence-electron chi connectivity index (χ4n) is 2.68. The number of rotatable bonds is 7. The molecule has 0 aliphatic carbocycles. The SMILES string of the molecule is CCC(CC)(CN)NS(=O)(=O)c1cnn(C2CCOCC2)c1. The summed E-state index contributed by atoms with van der Waals surface area (Å²) >= 11 is 0. The van der Waals surface area contributed by atoms with Crippen molar-refractivity contribution in [2.24, 2.45) is 5.73 Å². The van der Waals surface area contributed by atoms with E-state index in [-0.39, 0.29) is 17.5 Å². The van der Waals surface area contributed by atoms with Gasteiger partial charge in [-0.2, -0.15) is 5.10 Å². The van der Waals surface area contributed by atoms with Crippen molar-refractivity contribution in [2.75, 3.05) is 19.8 Å². The Morgan fingerprint density at radius 3 is 2.59 bits per heavy atom. The van der Waals surface area contributed by atoms with Crippen molar-refractivity contribution in [3.8, 4) is 0 Å². The third kappa shape index (κ3) is 3.68. The number of nitrogens with zero attached hydrogens (tertiary/aromatic N) is 2. The zero-order valence-electron chi connectivity index (χ0n) is 13.3. The molecule has 8 heteroatoms. The van der Waals surface area contributed by atoms with E-state index >= 15 is 0 Å². The first kappa shape index (κ1) is 17.4. The van der Waals surface area contributed by atoms with E-state index in [1.807, 2.05) is 13.8 Å². The highest BCUT2D eigenvalue weighted by molar-refractivity contribution is 7.89. The number of nitrogens with one attached hydrogen (secondary N) is 1. The monoisotopic (exact) mass is 330 g/mol. The molecule has 0 aromatic carbocycles. The second kappa shape index (κ2) is 7.08. The molecule has 0 amide bonds. The lowest BCUT2D eigenvalue weighted by molar-refractivity contribution is 0.0662. The molecule has 1 aromatic rings. The summed E-state index contributed by atoms with van der Waals surface area (Å²) in [5.74, 6) is 0. The molecule has 1 aliphatic rings. The van der Waals surface area contributed by atoms with Crippen molar-refractivity contribution in [2.45, 2.75) is 56.0 Å². The summed E-state index contributed by atoms with van der Waals surface area (Å²) in [5, 5.41) is 4.22. The average molecular weight is 330 g/mol. The van der Waals surface area contributed by atoms with Crippen molar-refractivity contribution in [3.05, 3.63) is 12.4 Å².